The molecule has 0 heterocycles. The van der Waals surface area contributed by atoms with Crippen molar-refractivity contribution in [2.45, 2.75) is 52.1 Å². The molecule has 1 fully saturated rings. The molecule has 1 aromatic rings. The van der Waals surface area contributed by atoms with Crippen LogP contribution in [-0.2, 0) is 0 Å². The van der Waals surface area contributed by atoms with E-state index in [1.54, 1.807) is 12.1 Å². The maximum absolute atomic E-state index is 13.8. The molecule has 1 N–H and O–H groups in total. The predicted octanol–water partition coefficient (Wildman–Crippen LogP) is 4.31. The Kier molecular flexibility index (Phi) is 5.03. The van der Waals surface area contributed by atoms with Gasteiger partial charge < -0.3 is 10.1 Å². The monoisotopic (exact) mass is 279 g/mol. The lowest BCUT2D eigenvalue weighted by atomic mass is 9.93. The summed E-state index contributed by atoms with van der Waals surface area (Å²) in [7, 11) is 1.49. The molecule has 1 saturated carbocycles. The maximum atomic E-state index is 13.8. The van der Waals surface area contributed by atoms with Gasteiger partial charge in [0, 0.05) is 12.1 Å². The topological polar surface area (TPSA) is 21.3 Å². The molecule has 112 valence electrons. The summed E-state index contributed by atoms with van der Waals surface area (Å²) in [6, 6.07) is 5.93. The van der Waals surface area contributed by atoms with E-state index in [4.69, 9.17) is 4.74 Å². The van der Waals surface area contributed by atoms with Crippen LogP contribution in [0.25, 0.3) is 0 Å². The molecule has 1 aliphatic rings. The summed E-state index contributed by atoms with van der Waals surface area (Å²) in [4.78, 5) is 0. The largest absolute Gasteiger partial charge is 0.494 e. The molecule has 0 aromatic heterocycles. The molecule has 0 bridgehead atoms. The molecule has 20 heavy (non-hydrogen) atoms. The fraction of sp³-hybridized carbons (Fsp3) is 0.647. The fourth-order valence-electron chi connectivity index (χ4n) is 3.43. The number of rotatable bonds is 5. The summed E-state index contributed by atoms with van der Waals surface area (Å²) in [5.41, 5.74) is 0.982. The average Bonchev–Trinajstić information content (AvgIpc) is 2.79. The van der Waals surface area contributed by atoms with Gasteiger partial charge in [0.15, 0.2) is 11.6 Å². The Labute approximate surface area is 121 Å². The van der Waals surface area contributed by atoms with Crippen LogP contribution in [0.5, 0.6) is 5.75 Å². The Morgan fingerprint density at radius 2 is 2.15 bits per heavy atom. The molecule has 0 aliphatic heterocycles. The lowest BCUT2D eigenvalue weighted by molar-refractivity contribution is 0.326. The highest BCUT2D eigenvalue weighted by Gasteiger charge is 2.32. The van der Waals surface area contributed by atoms with E-state index in [2.05, 4.69) is 26.1 Å². The van der Waals surface area contributed by atoms with Crippen LogP contribution in [0.3, 0.4) is 0 Å². The van der Waals surface area contributed by atoms with E-state index in [1.807, 2.05) is 6.07 Å². The molecule has 0 radical (unpaired) electrons. The molecule has 1 aliphatic carbocycles. The molecule has 0 saturated heterocycles. The zero-order chi connectivity index (χ0) is 14.7. The number of methoxy groups -OCH3 is 1. The summed E-state index contributed by atoms with van der Waals surface area (Å²) >= 11 is 0. The van der Waals surface area contributed by atoms with Gasteiger partial charge >= 0.3 is 0 Å². The van der Waals surface area contributed by atoms with Crippen LogP contribution in [0.15, 0.2) is 18.2 Å². The van der Waals surface area contributed by atoms with Crippen molar-refractivity contribution in [1.82, 2.24) is 5.32 Å². The number of hydrogen-bond acceptors (Lipinski definition) is 2. The normalized spacial score (nSPS) is 27.6. The Morgan fingerprint density at radius 3 is 2.70 bits per heavy atom. The Balaban J connectivity index is 2.01. The predicted molar refractivity (Wildman–Crippen MR) is 80.5 cm³/mol. The van der Waals surface area contributed by atoms with Gasteiger partial charge in [-0.25, -0.2) is 4.39 Å². The molecule has 4 unspecified atom stereocenters. The number of benzene rings is 1. The second kappa shape index (κ2) is 6.57. The van der Waals surface area contributed by atoms with Gasteiger partial charge in [-0.2, -0.15) is 0 Å². The van der Waals surface area contributed by atoms with Crippen LogP contribution in [0.4, 0.5) is 4.39 Å². The minimum absolute atomic E-state index is 0.165. The standard InChI is InChI=1S/C17H26FNO/c1-5-13-6-8-16(11(13)2)19-12(3)14-7-9-17(20-4)15(18)10-14/h7,9-13,16,19H,5-6,8H2,1-4H3. The van der Waals surface area contributed by atoms with Crippen molar-refractivity contribution in [1.29, 1.82) is 0 Å². The van der Waals surface area contributed by atoms with Crippen LogP contribution in [0.1, 0.15) is 51.6 Å². The van der Waals surface area contributed by atoms with Gasteiger partial charge in [0.25, 0.3) is 0 Å². The summed E-state index contributed by atoms with van der Waals surface area (Å²) in [6.45, 7) is 6.71. The van der Waals surface area contributed by atoms with Crippen LogP contribution >= 0.6 is 0 Å². The van der Waals surface area contributed by atoms with E-state index in [1.165, 1.54) is 26.4 Å². The van der Waals surface area contributed by atoms with Crippen molar-refractivity contribution in [2.75, 3.05) is 7.11 Å². The highest BCUT2D eigenvalue weighted by Crippen LogP contribution is 2.35. The number of nitrogens with one attached hydrogen (secondary N) is 1. The van der Waals surface area contributed by atoms with Gasteiger partial charge in [0.2, 0.25) is 0 Å². The second-order valence-electron chi connectivity index (χ2n) is 5.99. The fourth-order valence-corrected chi connectivity index (χ4v) is 3.43. The Bertz CT molecular complexity index is 449. The highest BCUT2D eigenvalue weighted by atomic mass is 19.1. The van der Waals surface area contributed by atoms with Crippen molar-refractivity contribution in [3.63, 3.8) is 0 Å². The summed E-state index contributed by atoms with van der Waals surface area (Å²) in [6.07, 6.45) is 3.78. The number of ether oxygens (including phenoxy) is 1. The van der Waals surface area contributed by atoms with E-state index < -0.39 is 0 Å². The van der Waals surface area contributed by atoms with E-state index in [-0.39, 0.29) is 11.9 Å². The molecule has 1 aromatic carbocycles. The third-order valence-electron chi connectivity index (χ3n) is 4.89. The van der Waals surface area contributed by atoms with Crippen LogP contribution < -0.4 is 10.1 Å². The maximum Gasteiger partial charge on any atom is 0.165 e. The molecule has 2 rings (SSSR count). The molecule has 4 atom stereocenters. The van der Waals surface area contributed by atoms with Crippen LogP contribution in [0, 0.1) is 17.7 Å². The van der Waals surface area contributed by atoms with Crippen LogP contribution in [0.2, 0.25) is 0 Å². The lowest BCUT2D eigenvalue weighted by Gasteiger charge is -2.25. The van der Waals surface area contributed by atoms with Gasteiger partial charge in [-0.1, -0.05) is 26.3 Å². The van der Waals surface area contributed by atoms with Gasteiger partial charge in [0.05, 0.1) is 7.11 Å². The molecule has 2 nitrogen and oxygen atoms in total. The SMILES string of the molecule is CCC1CCC(NC(C)c2ccc(OC)c(F)c2)C1C. The third-order valence-corrected chi connectivity index (χ3v) is 4.89. The Hall–Kier alpha value is -1.09. The minimum atomic E-state index is -0.287. The quantitative estimate of drug-likeness (QED) is 0.867. The van der Waals surface area contributed by atoms with E-state index in [0.29, 0.717) is 17.7 Å². The Morgan fingerprint density at radius 1 is 1.40 bits per heavy atom. The molecular formula is C17H26FNO. The number of hydrogen-bond donors (Lipinski definition) is 1. The van der Waals surface area contributed by atoms with Crippen molar-refractivity contribution < 1.29 is 9.13 Å². The second-order valence-corrected chi connectivity index (χ2v) is 5.99. The zero-order valence-corrected chi connectivity index (χ0v) is 12.9. The van der Waals surface area contributed by atoms with E-state index >= 15 is 0 Å². The average molecular weight is 279 g/mol. The first-order valence-electron chi connectivity index (χ1n) is 7.66. The van der Waals surface area contributed by atoms with Gasteiger partial charge in [-0.05, 0) is 49.3 Å². The van der Waals surface area contributed by atoms with Crippen molar-refractivity contribution >= 4 is 0 Å². The summed E-state index contributed by atoms with van der Waals surface area (Å²) in [5, 5.41) is 3.67. The van der Waals surface area contributed by atoms with Crippen molar-refractivity contribution in [2.24, 2.45) is 11.8 Å². The van der Waals surface area contributed by atoms with Gasteiger partial charge in [0.1, 0.15) is 0 Å². The first-order valence-corrected chi connectivity index (χ1v) is 7.66. The molecular weight excluding hydrogens is 253 g/mol. The summed E-state index contributed by atoms with van der Waals surface area (Å²) < 4.78 is 18.7. The first-order chi connectivity index (χ1) is 9.56. The summed E-state index contributed by atoms with van der Waals surface area (Å²) in [5.74, 6) is 1.55. The van der Waals surface area contributed by atoms with Crippen molar-refractivity contribution in [3.8, 4) is 5.75 Å². The van der Waals surface area contributed by atoms with Gasteiger partial charge in [-0.15, -0.1) is 0 Å². The first kappa shape index (κ1) is 15.3. The van der Waals surface area contributed by atoms with E-state index in [9.17, 15) is 4.39 Å². The minimum Gasteiger partial charge on any atom is -0.494 e. The lowest BCUT2D eigenvalue weighted by Crippen LogP contribution is -2.34. The smallest absolute Gasteiger partial charge is 0.165 e. The van der Waals surface area contributed by atoms with E-state index in [0.717, 1.165) is 11.5 Å². The number of halogens is 1. The molecule has 3 heteroatoms. The molecule has 0 amide bonds. The van der Waals surface area contributed by atoms with Crippen LogP contribution in [-0.4, -0.2) is 13.2 Å². The molecule has 0 spiro atoms. The van der Waals surface area contributed by atoms with Crippen molar-refractivity contribution in [3.05, 3.63) is 29.6 Å². The third kappa shape index (κ3) is 3.14. The zero-order valence-electron chi connectivity index (χ0n) is 12.9. The highest BCUT2D eigenvalue weighted by molar-refractivity contribution is 5.30. The van der Waals surface area contributed by atoms with Gasteiger partial charge in [-0.3, -0.25) is 0 Å².